The maximum atomic E-state index is 12.3. The summed E-state index contributed by atoms with van der Waals surface area (Å²) in [5, 5.41) is 16.5. The summed E-state index contributed by atoms with van der Waals surface area (Å²) in [6.07, 6.45) is 1.46. The summed E-state index contributed by atoms with van der Waals surface area (Å²) in [4.78, 5) is 25.7. The molecule has 0 saturated carbocycles. The van der Waals surface area contributed by atoms with E-state index in [1.54, 1.807) is 23.1 Å². The van der Waals surface area contributed by atoms with Crippen LogP contribution in [0.15, 0.2) is 54.9 Å². The van der Waals surface area contributed by atoms with Gasteiger partial charge in [0.25, 0.3) is 5.91 Å². The molecule has 9 nitrogen and oxygen atoms in total. The van der Waals surface area contributed by atoms with Crippen molar-refractivity contribution >= 4 is 17.6 Å². The summed E-state index contributed by atoms with van der Waals surface area (Å²) >= 11 is 0. The second-order valence-electron chi connectivity index (χ2n) is 6.22. The number of carbonyl (C=O) groups excluding carboxylic acids is 2. The Morgan fingerprint density at radius 1 is 1.17 bits per heavy atom. The molecule has 144 valence electrons. The van der Waals surface area contributed by atoms with Crippen molar-refractivity contribution in [1.82, 2.24) is 30.8 Å². The highest BCUT2D eigenvalue weighted by molar-refractivity contribution is 5.95. The maximum absolute atomic E-state index is 12.3. The van der Waals surface area contributed by atoms with Crippen molar-refractivity contribution in [2.24, 2.45) is 0 Å². The van der Waals surface area contributed by atoms with Crippen LogP contribution in [0.4, 0.5) is 10.5 Å². The van der Waals surface area contributed by atoms with E-state index >= 15 is 0 Å². The third-order valence-electron chi connectivity index (χ3n) is 4.33. The van der Waals surface area contributed by atoms with Crippen LogP contribution in [-0.4, -0.2) is 51.8 Å². The summed E-state index contributed by atoms with van der Waals surface area (Å²) in [6.45, 7) is 1.52. The van der Waals surface area contributed by atoms with Crippen LogP contribution in [0.5, 0.6) is 0 Å². The van der Waals surface area contributed by atoms with Crippen LogP contribution in [0.1, 0.15) is 15.9 Å². The Morgan fingerprint density at radius 2 is 2.03 bits per heavy atom. The normalized spacial score (nSPS) is 12.8. The van der Waals surface area contributed by atoms with Gasteiger partial charge in [0.2, 0.25) is 0 Å². The third kappa shape index (κ3) is 4.22. The van der Waals surface area contributed by atoms with E-state index in [1.807, 2.05) is 30.3 Å². The number of aromatic nitrogens is 4. The number of rotatable bonds is 4. The number of anilines is 1. The number of amides is 3. The Hall–Kier alpha value is -4.19. The molecule has 0 bridgehead atoms. The van der Waals surface area contributed by atoms with Gasteiger partial charge in [-0.05, 0) is 52.9 Å². The van der Waals surface area contributed by atoms with Crippen molar-refractivity contribution in [3.05, 3.63) is 66.0 Å². The fourth-order valence-corrected chi connectivity index (χ4v) is 2.88. The van der Waals surface area contributed by atoms with E-state index in [4.69, 9.17) is 0 Å². The number of hydrogen-bond acceptors (Lipinski definition) is 5. The molecule has 4 rings (SSSR count). The minimum absolute atomic E-state index is 0.0873. The van der Waals surface area contributed by atoms with E-state index in [1.165, 1.54) is 11.0 Å². The van der Waals surface area contributed by atoms with Crippen LogP contribution in [0.3, 0.4) is 0 Å². The van der Waals surface area contributed by atoms with Crippen molar-refractivity contribution in [2.45, 2.75) is 0 Å². The van der Waals surface area contributed by atoms with E-state index < -0.39 is 0 Å². The summed E-state index contributed by atoms with van der Waals surface area (Å²) in [6, 6.07) is 14.3. The second-order valence-corrected chi connectivity index (χ2v) is 6.22. The van der Waals surface area contributed by atoms with Crippen molar-refractivity contribution in [3.63, 3.8) is 0 Å². The molecular weight excluding hydrogens is 370 g/mol. The molecule has 0 atom stereocenters. The Labute approximate surface area is 166 Å². The fraction of sp³-hybridized carbons (Fsp3) is 0.150. The molecule has 1 aromatic heterocycles. The summed E-state index contributed by atoms with van der Waals surface area (Å²) in [5.41, 5.74) is 2.83. The number of nitrogens with one attached hydrogen (secondary N) is 2. The van der Waals surface area contributed by atoms with E-state index in [-0.39, 0.29) is 18.5 Å². The van der Waals surface area contributed by atoms with Gasteiger partial charge >= 0.3 is 6.03 Å². The zero-order valence-electron chi connectivity index (χ0n) is 15.4. The molecule has 2 heterocycles. The Bertz CT molecular complexity index is 1080. The summed E-state index contributed by atoms with van der Waals surface area (Å²) < 4.78 is 1.48. The van der Waals surface area contributed by atoms with Crippen LogP contribution in [0.2, 0.25) is 0 Å². The minimum atomic E-state index is -0.232. The number of hydrogen-bond donors (Lipinski definition) is 2. The molecule has 0 unspecified atom stereocenters. The van der Waals surface area contributed by atoms with Crippen molar-refractivity contribution in [2.75, 3.05) is 24.5 Å². The number of carbonyl (C=O) groups is 2. The molecule has 1 aliphatic heterocycles. The third-order valence-corrected chi connectivity index (χ3v) is 4.33. The molecular formula is C20H17N7O2. The van der Waals surface area contributed by atoms with E-state index in [0.717, 1.165) is 11.3 Å². The van der Waals surface area contributed by atoms with Gasteiger partial charge in [-0.1, -0.05) is 17.9 Å². The second kappa shape index (κ2) is 8.22. The van der Waals surface area contributed by atoms with Crippen molar-refractivity contribution < 1.29 is 9.59 Å². The molecule has 1 saturated heterocycles. The first-order valence-electron chi connectivity index (χ1n) is 8.97. The Morgan fingerprint density at radius 3 is 2.76 bits per heavy atom. The van der Waals surface area contributed by atoms with Crippen LogP contribution in [-0.2, 0) is 0 Å². The molecule has 0 radical (unpaired) electrons. The number of urea groups is 1. The molecule has 0 aliphatic carbocycles. The quantitative estimate of drug-likeness (QED) is 0.649. The van der Waals surface area contributed by atoms with Crippen LogP contribution in [0, 0.1) is 11.8 Å². The average molecular weight is 387 g/mol. The standard InChI is InChI=1S/C20H17N7O2/c28-19(16-4-1-5-18(13-16)27-14-23-24-25-27)21-10-2-3-15-6-8-17(9-7-15)26-12-11-22-20(26)29/h1,4-9,13-14H,10-12H2,(H,21,28)(H,22,29). The topological polar surface area (TPSA) is 105 Å². The first-order chi connectivity index (χ1) is 14.2. The van der Waals surface area contributed by atoms with Gasteiger partial charge in [0.15, 0.2) is 0 Å². The first kappa shape index (κ1) is 18.2. The van der Waals surface area contributed by atoms with Gasteiger partial charge in [-0.25, -0.2) is 9.48 Å². The molecule has 2 N–H and O–H groups in total. The lowest BCUT2D eigenvalue weighted by atomic mass is 10.2. The zero-order chi connectivity index (χ0) is 20.1. The first-order valence-corrected chi connectivity index (χ1v) is 8.97. The lowest BCUT2D eigenvalue weighted by molar-refractivity contribution is 0.0958. The van der Waals surface area contributed by atoms with E-state index in [9.17, 15) is 9.59 Å². The lowest BCUT2D eigenvalue weighted by Gasteiger charge is -2.13. The number of tetrazole rings is 1. The lowest BCUT2D eigenvalue weighted by Crippen LogP contribution is -2.27. The van der Waals surface area contributed by atoms with Crippen molar-refractivity contribution in [3.8, 4) is 17.5 Å². The predicted molar refractivity (Wildman–Crippen MR) is 106 cm³/mol. The van der Waals surface area contributed by atoms with Gasteiger partial charge in [0.1, 0.15) is 6.33 Å². The molecule has 1 aliphatic rings. The molecule has 0 spiro atoms. The van der Waals surface area contributed by atoms with Crippen LogP contribution in [0.25, 0.3) is 5.69 Å². The zero-order valence-corrected chi connectivity index (χ0v) is 15.4. The Balaban J connectivity index is 1.34. The molecule has 29 heavy (non-hydrogen) atoms. The fourth-order valence-electron chi connectivity index (χ4n) is 2.88. The van der Waals surface area contributed by atoms with Gasteiger partial charge in [0, 0.05) is 29.9 Å². The number of benzene rings is 2. The largest absolute Gasteiger partial charge is 0.341 e. The van der Waals surface area contributed by atoms with E-state index in [0.29, 0.717) is 24.3 Å². The highest BCUT2D eigenvalue weighted by Gasteiger charge is 2.20. The van der Waals surface area contributed by atoms with Crippen molar-refractivity contribution in [1.29, 1.82) is 0 Å². The highest BCUT2D eigenvalue weighted by Crippen LogP contribution is 2.16. The van der Waals surface area contributed by atoms with Gasteiger partial charge < -0.3 is 10.6 Å². The SMILES string of the molecule is O=C(NCC#Cc1ccc(N2CCNC2=O)cc1)c1cccc(-n2cnnn2)c1. The van der Waals surface area contributed by atoms with Gasteiger partial charge in [-0.2, -0.15) is 0 Å². The van der Waals surface area contributed by atoms with Crippen LogP contribution < -0.4 is 15.5 Å². The van der Waals surface area contributed by atoms with Crippen LogP contribution >= 0.6 is 0 Å². The smallest absolute Gasteiger partial charge is 0.321 e. The van der Waals surface area contributed by atoms with Gasteiger partial charge in [-0.3, -0.25) is 9.69 Å². The average Bonchev–Trinajstić information content (AvgIpc) is 3.44. The Kier molecular flexibility index (Phi) is 5.16. The van der Waals surface area contributed by atoms with Gasteiger partial charge in [0.05, 0.1) is 12.2 Å². The highest BCUT2D eigenvalue weighted by atomic mass is 16.2. The summed E-state index contributed by atoms with van der Waals surface area (Å²) in [7, 11) is 0. The number of nitrogens with zero attached hydrogens (tertiary/aromatic N) is 5. The minimum Gasteiger partial charge on any atom is -0.341 e. The van der Waals surface area contributed by atoms with Gasteiger partial charge in [-0.15, -0.1) is 5.10 Å². The van der Waals surface area contributed by atoms with E-state index in [2.05, 4.69) is 38.0 Å². The molecule has 2 aromatic carbocycles. The molecule has 3 aromatic rings. The predicted octanol–water partition coefficient (Wildman–Crippen LogP) is 0.973. The molecule has 3 amide bonds. The summed E-state index contributed by atoms with van der Waals surface area (Å²) in [5.74, 6) is 5.70. The monoisotopic (exact) mass is 387 g/mol. The maximum Gasteiger partial charge on any atom is 0.321 e. The molecule has 9 heteroatoms. The molecule has 1 fully saturated rings.